The van der Waals surface area contributed by atoms with Crippen molar-refractivity contribution in [1.29, 1.82) is 0 Å². The number of rotatable bonds is 8. The molecule has 0 spiro atoms. The Kier molecular flexibility index (Phi) is 6.36. The summed E-state index contributed by atoms with van der Waals surface area (Å²) < 4.78 is 52.5. The predicted molar refractivity (Wildman–Crippen MR) is 117 cm³/mol. The summed E-state index contributed by atoms with van der Waals surface area (Å²) in [6.07, 6.45) is -2.99. The highest BCUT2D eigenvalue weighted by Crippen LogP contribution is 2.37. The van der Waals surface area contributed by atoms with E-state index in [1.165, 1.54) is 35.6 Å². The Bertz CT molecular complexity index is 1260. The average Bonchev–Trinajstić information content (AvgIpc) is 3.61. The Morgan fingerprint density at radius 3 is 2.56 bits per heavy atom. The number of nitrogens with zero attached hydrogens (tertiary/aromatic N) is 3. The van der Waals surface area contributed by atoms with E-state index in [1.807, 2.05) is 0 Å². The maximum atomic E-state index is 13.2. The van der Waals surface area contributed by atoms with Gasteiger partial charge in [-0.05, 0) is 37.1 Å². The molecule has 3 aromatic rings. The van der Waals surface area contributed by atoms with Crippen LogP contribution >= 0.6 is 0 Å². The van der Waals surface area contributed by atoms with Crippen molar-refractivity contribution in [3.05, 3.63) is 64.1 Å². The lowest BCUT2D eigenvalue weighted by atomic mass is 10.1. The molecule has 1 amide bonds. The van der Waals surface area contributed by atoms with Gasteiger partial charge in [-0.15, -0.1) is 5.10 Å². The zero-order valence-electron chi connectivity index (χ0n) is 18.6. The molecule has 11 heteroatoms. The minimum atomic E-state index is -4.50. The van der Waals surface area contributed by atoms with Crippen LogP contribution in [0.2, 0.25) is 0 Å². The standard InChI is InChI=1S/C23H23F3N4O4/c1-33-17-8-9-18(19(13-17)34-2)21(31)27-10-11-29-22(32)30(16-6-7-16)20(28-29)14-4-3-5-15(12-14)23(24,25)26/h3-5,8-9,12-13,16H,6-7,10-11H2,1-2H3,(H,27,31). The molecule has 1 aliphatic rings. The zero-order valence-corrected chi connectivity index (χ0v) is 18.6. The first kappa shape index (κ1) is 23.4. The van der Waals surface area contributed by atoms with Crippen LogP contribution in [0.25, 0.3) is 11.4 Å². The van der Waals surface area contributed by atoms with Crippen LogP contribution in [-0.4, -0.2) is 41.0 Å². The van der Waals surface area contributed by atoms with Crippen molar-refractivity contribution >= 4 is 5.91 Å². The van der Waals surface area contributed by atoms with Gasteiger partial charge < -0.3 is 14.8 Å². The first-order valence-electron chi connectivity index (χ1n) is 10.6. The van der Waals surface area contributed by atoms with Gasteiger partial charge in [0.15, 0.2) is 5.82 Å². The van der Waals surface area contributed by atoms with E-state index in [-0.39, 0.29) is 30.5 Å². The van der Waals surface area contributed by atoms with Crippen molar-refractivity contribution in [2.75, 3.05) is 20.8 Å². The fourth-order valence-electron chi connectivity index (χ4n) is 3.62. The van der Waals surface area contributed by atoms with Gasteiger partial charge in [0.05, 0.1) is 31.9 Å². The van der Waals surface area contributed by atoms with E-state index in [2.05, 4.69) is 10.4 Å². The number of hydrogen-bond acceptors (Lipinski definition) is 5. The molecular weight excluding hydrogens is 453 g/mol. The van der Waals surface area contributed by atoms with Crippen molar-refractivity contribution < 1.29 is 27.4 Å². The van der Waals surface area contributed by atoms with Crippen molar-refractivity contribution in [2.24, 2.45) is 0 Å². The van der Waals surface area contributed by atoms with Crippen LogP contribution in [0.15, 0.2) is 47.3 Å². The molecule has 0 saturated heterocycles. The first-order valence-corrected chi connectivity index (χ1v) is 10.6. The summed E-state index contributed by atoms with van der Waals surface area (Å²) in [6, 6.07) is 9.43. The number of methoxy groups -OCH3 is 2. The number of alkyl halides is 3. The summed E-state index contributed by atoms with van der Waals surface area (Å²) in [5, 5.41) is 7.01. The summed E-state index contributed by atoms with van der Waals surface area (Å²) in [7, 11) is 2.94. The van der Waals surface area contributed by atoms with E-state index in [0.717, 1.165) is 25.0 Å². The van der Waals surface area contributed by atoms with Crippen LogP contribution in [0.5, 0.6) is 11.5 Å². The van der Waals surface area contributed by atoms with Gasteiger partial charge in [0.1, 0.15) is 11.5 Å². The Hall–Kier alpha value is -3.76. The molecule has 1 N–H and O–H groups in total. The van der Waals surface area contributed by atoms with Gasteiger partial charge in [-0.25, -0.2) is 9.48 Å². The zero-order chi connectivity index (χ0) is 24.5. The fraction of sp³-hybridized carbons (Fsp3) is 0.348. The number of hydrogen-bond donors (Lipinski definition) is 1. The number of amides is 1. The van der Waals surface area contributed by atoms with Gasteiger partial charge in [-0.1, -0.05) is 12.1 Å². The molecule has 34 heavy (non-hydrogen) atoms. The van der Waals surface area contributed by atoms with Gasteiger partial charge in [-0.3, -0.25) is 9.36 Å². The second kappa shape index (κ2) is 9.24. The lowest BCUT2D eigenvalue weighted by Gasteiger charge is -2.10. The van der Waals surface area contributed by atoms with Gasteiger partial charge in [-0.2, -0.15) is 13.2 Å². The lowest BCUT2D eigenvalue weighted by molar-refractivity contribution is -0.137. The van der Waals surface area contributed by atoms with Crippen molar-refractivity contribution in [2.45, 2.75) is 31.6 Å². The number of carbonyl (C=O) groups excluding carboxylic acids is 1. The van der Waals surface area contributed by atoms with Gasteiger partial charge >= 0.3 is 11.9 Å². The van der Waals surface area contributed by atoms with Gasteiger partial charge in [0.2, 0.25) is 0 Å². The third-order valence-corrected chi connectivity index (χ3v) is 5.49. The summed E-state index contributed by atoms with van der Waals surface area (Å²) in [5.74, 6) is 0.639. The second-order valence-corrected chi connectivity index (χ2v) is 7.83. The number of ether oxygens (including phenoxy) is 2. The third kappa shape index (κ3) is 4.78. The molecular formula is C23H23F3N4O4. The van der Waals surface area contributed by atoms with E-state index in [1.54, 1.807) is 18.2 Å². The SMILES string of the molecule is COc1ccc(C(=O)NCCn2nc(-c3cccc(C(F)(F)F)c3)n(C3CC3)c2=O)c(OC)c1. The van der Waals surface area contributed by atoms with E-state index in [9.17, 15) is 22.8 Å². The van der Waals surface area contributed by atoms with Gasteiger partial charge in [0.25, 0.3) is 5.91 Å². The summed E-state index contributed by atoms with van der Waals surface area (Å²) in [6.45, 7) is 0.131. The average molecular weight is 476 g/mol. The minimum Gasteiger partial charge on any atom is -0.497 e. The Morgan fingerprint density at radius 1 is 1.15 bits per heavy atom. The van der Waals surface area contributed by atoms with E-state index in [4.69, 9.17) is 9.47 Å². The van der Waals surface area contributed by atoms with Crippen molar-refractivity contribution in [1.82, 2.24) is 19.7 Å². The largest absolute Gasteiger partial charge is 0.497 e. The molecule has 0 unspecified atom stereocenters. The summed E-state index contributed by atoms with van der Waals surface area (Å²) >= 11 is 0. The topological polar surface area (TPSA) is 87.4 Å². The van der Waals surface area contributed by atoms with Crippen LogP contribution in [0.3, 0.4) is 0 Å². The molecule has 180 valence electrons. The molecule has 0 bridgehead atoms. The molecule has 0 radical (unpaired) electrons. The Labute approximate surface area is 192 Å². The molecule has 0 aliphatic heterocycles. The highest BCUT2D eigenvalue weighted by atomic mass is 19.4. The number of nitrogens with one attached hydrogen (secondary N) is 1. The Morgan fingerprint density at radius 2 is 1.91 bits per heavy atom. The number of aromatic nitrogens is 3. The number of carbonyl (C=O) groups is 1. The van der Waals surface area contributed by atoms with Crippen LogP contribution in [0, 0.1) is 0 Å². The molecule has 8 nitrogen and oxygen atoms in total. The van der Waals surface area contributed by atoms with Crippen LogP contribution < -0.4 is 20.5 Å². The molecule has 4 rings (SSSR count). The van der Waals surface area contributed by atoms with Crippen LogP contribution in [0.4, 0.5) is 13.2 Å². The fourth-order valence-corrected chi connectivity index (χ4v) is 3.62. The van der Waals surface area contributed by atoms with Crippen LogP contribution in [0.1, 0.15) is 34.8 Å². The smallest absolute Gasteiger partial charge is 0.416 e. The quantitative estimate of drug-likeness (QED) is 0.538. The predicted octanol–water partition coefficient (Wildman–Crippen LogP) is 3.51. The second-order valence-electron chi connectivity index (χ2n) is 7.83. The molecule has 1 aliphatic carbocycles. The van der Waals surface area contributed by atoms with Crippen LogP contribution in [-0.2, 0) is 12.7 Å². The number of benzene rings is 2. The van der Waals surface area contributed by atoms with E-state index >= 15 is 0 Å². The molecule has 1 heterocycles. The molecule has 1 aromatic heterocycles. The van der Waals surface area contributed by atoms with Crippen molar-refractivity contribution in [3.8, 4) is 22.9 Å². The molecule has 2 aromatic carbocycles. The highest BCUT2D eigenvalue weighted by molar-refractivity contribution is 5.97. The first-order chi connectivity index (χ1) is 16.2. The maximum absolute atomic E-state index is 13.2. The molecule has 0 atom stereocenters. The summed E-state index contributed by atoms with van der Waals surface area (Å²) in [4.78, 5) is 25.5. The lowest BCUT2D eigenvalue weighted by Crippen LogP contribution is -2.32. The van der Waals surface area contributed by atoms with Crippen molar-refractivity contribution in [3.63, 3.8) is 0 Å². The van der Waals surface area contributed by atoms with E-state index < -0.39 is 23.3 Å². The van der Waals surface area contributed by atoms with Gasteiger partial charge in [0, 0.05) is 24.2 Å². The number of halogens is 3. The highest BCUT2D eigenvalue weighted by Gasteiger charge is 2.33. The maximum Gasteiger partial charge on any atom is 0.416 e. The monoisotopic (exact) mass is 476 g/mol. The van der Waals surface area contributed by atoms with E-state index in [0.29, 0.717) is 17.1 Å². The third-order valence-electron chi connectivity index (χ3n) is 5.49. The molecule has 1 saturated carbocycles. The Balaban J connectivity index is 1.53. The molecule has 1 fully saturated rings. The normalized spacial score (nSPS) is 13.6. The summed E-state index contributed by atoms with van der Waals surface area (Å²) in [5.41, 5.74) is -0.727. The minimum absolute atomic E-state index is 0.0503.